The molecule has 1 aromatic heterocycles. The average Bonchev–Trinajstić information content (AvgIpc) is 3.10. The van der Waals surface area contributed by atoms with Gasteiger partial charge in [0.05, 0.1) is 17.4 Å². The molecule has 0 saturated carbocycles. The van der Waals surface area contributed by atoms with Crippen LogP contribution in [-0.2, 0) is 4.79 Å². The maximum atomic E-state index is 12.9. The molecule has 1 N–H and O–H groups in total. The lowest BCUT2D eigenvalue weighted by atomic mass is 9.97. The number of likely N-dealkylation sites (tertiary alicyclic amines) is 1. The number of hydrogen-bond donors (Lipinski definition) is 1. The number of aliphatic carboxylic acids is 1. The zero-order valence-corrected chi connectivity index (χ0v) is 14.4. The molecule has 132 valence electrons. The van der Waals surface area contributed by atoms with Gasteiger partial charge in [0.2, 0.25) is 0 Å². The topological polar surface area (TPSA) is 75.4 Å². The van der Waals surface area contributed by atoms with Crippen molar-refractivity contribution in [1.29, 1.82) is 0 Å². The number of carboxylic acids is 1. The SMILES string of the molecule is Cc1ccccc1-n1cc(C(=O)N2CCCC[C@H]2CCC(=O)O)cn1. The second kappa shape index (κ2) is 7.51. The van der Waals surface area contributed by atoms with Crippen LogP contribution in [0, 0.1) is 6.92 Å². The molecule has 0 unspecified atom stereocenters. The molecule has 0 spiro atoms. The highest BCUT2D eigenvalue weighted by Gasteiger charge is 2.28. The Kier molecular flexibility index (Phi) is 5.16. The molecule has 1 amide bonds. The van der Waals surface area contributed by atoms with Gasteiger partial charge in [-0.1, -0.05) is 18.2 Å². The smallest absolute Gasteiger partial charge is 0.303 e. The molecule has 3 rings (SSSR count). The molecule has 1 saturated heterocycles. The molecule has 25 heavy (non-hydrogen) atoms. The number of para-hydroxylation sites is 1. The number of carbonyl (C=O) groups is 2. The fraction of sp³-hybridized carbons (Fsp3) is 0.421. The van der Waals surface area contributed by atoms with Crippen LogP contribution >= 0.6 is 0 Å². The minimum atomic E-state index is -0.814. The molecule has 1 aliphatic heterocycles. The molecular formula is C19H23N3O3. The predicted octanol–water partition coefficient (Wildman–Crippen LogP) is 3.04. The van der Waals surface area contributed by atoms with Gasteiger partial charge in [-0.25, -0.2) is 4.68 Å². The third kappa shape index (κ3) is 3.90. The summed E-state index contributed by atoms with van der Waals surface area (Å²) < 4.78 is 1.72. The fourth-order valence-corrected chi connectivity index (χ4v) is 3.41. The lowest BCUT2D eigenvalue weighted by molar-refractivity contribution is -0.137. The van der Waals surface area contributed by atoms with Gasteiger partial charge in [0.1, 0.15) is 0 Å². The van der Waals surface area contributed by atoms with E-state index >= 15 is 0 Å². The van der Waals surface area contributed by atoms with Crippen LogP contribution < -0.4 is 0 Å². The van der Waals surface area contributed by atoms with Crippen LogP contribution in [0.15, 0.2) is 36.7 Å². The second-order valence-corrected chi connectivity index (χ2v) is 6.54. The fourth-order valence-electron chi connectivity index (χ4n) is 3.41. The van der Waals surface area contributed by atoms with Gasteiger partial charge in [0, 0.05) is 25.2 Å². The molecule has 6 nitrogen and oxygen atoms in total. The lowest BCUT2D eigenvalue weighted by Crippen LogP contribution is -2.43. The van der Waals surface area contributed by atoms with E-state index in [-0.39, 0.29) is 18.4 Å². The third-order valence-corrected chi connectivity index (χ3v) is 4.77. The summed E-state index contributed by atoms with van der Waals surface area (Å²) in [7, 11) is 0. The molecule has 1 atom stereocenters. The van der Waals surface area contributed by atoms with E-state index in [1.165, 1.54) is 0 Å². The number of carboxylic acid groups (broad SMARTS) is 1. The molecule has 2 aromatic rings. The number of nitrogens with zero attached hydrogens (tertiary/aromatic N) is 3. The van der Waals surface area contributed by atoms with Crippen molar-refractivity contribution in [2.45, 2.75) is 45.1 Å². The van der Waals surface area contributed by atoms with Crippen LogP contribution in [-0.4, -0.2) is 44.3 Å². The zero-order valence-electron chi connectivity index (χ0n) is 14.4. The average molecular weight is 341 g/mol. The van der Waals surface area contributed by atoms with Gasteiger partial charge in [-0.15, -0.1) is 0 Å². The monoisotopic (exact) mass is 341 g/mol. The maximum absolute atomic E-state index is 12.9. The van der Waals surface area contributed by atoms with E-state index in [0.717, 1.165) is 30.5 Å². The van der Waals surface area contributed by atoms with Crippen LogP contribution in [0.4, 0.5) is 0 Å². The Bertz CT molecular complexity index is 769. The molecule has 2 heterocycles. The first-order valence-electron chi connectivity index (χ1n) is 8.69. The minimum Gasteiger partial charge on any atom is -0.481 e. The molecule has 1 fully saturated rings. The van der Waals surface area contributed by atoms with E-state index < -0.39 is 5.97 Å². The third-order valence-electron chi connectivity index (χ3n) is 4.77. The summed E-state index contributed by atoms with van der Waals surface area (Å²) in [5, 5.41) is 13.3. The van der Waals surface area contributed by atoms with Gasteiger partial charge in [-0.3, -0.25) is 9.59 Å². The summed E-state index contributed by atoms with van der Waals surface area (Å²) in [5.41, 5.74) is 2.58. The van der Waals surface area contributed by atoms with Gasteiger partial charge in [0.25, 0.3) is 5.91 Å². The Morgan fingerprint density at radius 1 is 1.28 bits per heavy atom. The minimum absolute atomic E-state index is 0.000776. The van der Waals surface area contributed by atoms with Crippen molar-refractivity contribution in [2.75, 3.05) is 6.54 Å². The highest BCUT2D eigenvalue weighted by molar-refractivity contribution is 5.94. The van der Waals surface area contributed by atoms with Crippen LogP contribution in [0.5, 0.6) is 0 Å². The van der Waals surface area contributed by atoms with E-state index in [0.29, 0.717) is 18.5 Å². The van der Waals surface area contributed by atoms with Crippen molar-refractivity contribution >= 4 is 11.9 Å². The molecule has 1 aromatic carbocycles. The first-order valence-corrected chi connectivity index (χ1v) is 8.69. The van der Waals surface area contributed by atoms with Crippen molar-refractivity contribution in [1.82, 2.24) is 14.7 Å². The van der Waals surface area contributed by atoms with Crippen molar-refractivity contribution in [3.05, 3.63) is 47.8 Å². The van der Waals surface area contributed by atoms with Crippen molar-refractivity contribution in [3.63, 3.8) is 0 Å². The Morgan fingerprint density at radius 3 is 2.84 bits per heavy atom. The van der Waals surface area contributed by atoms with Gasteiger partial charge < -0.3 is 10.0 Å². The van der Waals surface area contributed by atoms with E-state index in [4.69, 9.17) is 5.11 Å². The van der Waals surface area contributed by atoms with Crippen LogP contribution in [0.1, 0.15) is 48.0 Å². The predicted molar refractivity (Wildman–Crippen MR) is 93.8 cm³/mol. The number of aromatic nitrogens is 2. The Labute approximate surface area is 147 Å². The Hall–Kier alpha value is -2.63. The molecule has 0 aliphatic carbocycles. The number of piperidine rings is 1. The van der Waals surface area contributed by atoms with E-state index in [9.17, 15) is 9.59 Å². The molecule has 0 radical (unpaired) electrons. The van der Waals surface area contributed by atoms with Gasteiger partial charge in [0.15, 0.2) is 0 Å². The summed E-state index contributed by atoms with van der Waals surface area (Å²) in [6, 6.07) is 7.88. The van der Waals surface area contributed by atoms with Crippen molar-refractivity contribution in [3.8, 4) is 5.69 Å². The normalized spacial score (nSPS) is 17.5. The summed E-state index contributed by atoms with van der Waals surface area (Å²) in [6.07, 6.45) is 6.82. The largest absolute Gasteiger partial charge is 0.481 e. The van der Waals surface area contributed by atoms with Crippen LogP contribution in [0.25, 0.3) is 5.69 Å². The van der Waals surface area contributed by atoms with Crippen molar-refractivity contribution < 1.29 is 14.7 Å². The summed E-state index contributed by atoms with van der Waals surface area (Å²) in [6.45, 7) is 2.68. The Morgan fingerprint density at radius 2 is 2.08 bits per heavy atom. The summed E-state index contributed by atoms with van der Waals surface area (Å²) in [4.78, 5) is 25.6. The molecular weight excluding hydrogens is 318 g/mol. The molecule has 6 heteroatoms. The van der Waals surface area contributed by atoms with Crippen LogP contribution in [0.2, 0.25) is 0 Å². The van der Waals surface area contributed by atoms with Gasteiger partial charge in [-0.2, -0.15) is 5.10 Å². The number of aryl methyl sites for hydroxylation is 1. The summed E-state index contributed by atoms with van der Waals surface area (Å²) in [5.74, 6) is -0.875. The first-order chi connectivity index (χ1) is 12.1. The Balaban J connectivity index is 1.78. The standard InChI is InChI=1S/C19H23N3O3/c1-14-6-2-3-8-17(14)22-13-15(12-20-22)19(25)21-11-5-4-7-16(21)9-10-18(23)24/h2-3,6,8,12-13,16H,4-5,7,9-11H2,1H3,(H,23,24)/t16-/m0/s1. The van der Waals surface area contributed by atoms with E-state index in [1.807, 2.05) is 36.1 Å². The first kappa shape index (κ1) is 17.2. The molecule has 1 aliphatic rings. The highest BCUT2D eigenvalue weighted by atomic mass is 16.4. The van der Waals surface area contributed by atoms with E-state index in [2.05, 4.69) is 5.10 Å². The summed E-state index contributed by atoms with van der Waals surface area (Å²) >= 11 is 0. The molecule has 0 bridgehead atoms. The number of benzene rings is 1. The number of rotatable bonds is 5. The zero-order chi connectivity index (χ0) is 17.8. The van der Waals surface area contributed by atoms with E-state index in [1.54, 1.807) is 17.1 Å². The number of hydrogen-bond acceptors (Lipinski definition) is 3. The van der Waals surface area contributed by atoms with Crippen molar-refractivity contribution in [2.24, 2.45) is 0 Å². The van der Waals surface area contributed by atoms with Gasteiger partial charge >= 0.3 is 5.97 Å². The van der Waals surface area contributed by atoms with Crippen LogP contribution in [0.3, 0.4) is 0 Å². The number of carbonyl (C=O) groups excluding carboxylic acids is 1. The lowest BCUT2D eigenvalue weighted by Gasteiger charge is -2.35. The second-order valence-electron chi connectivity index (χ2n) is 6.54. The highest BCUT2D eigenvalue weighted by Crippen LogP contribution is 2.23. The maximum Gasteiger partial charge on any atom is 0.303 e. The quantitative estimate of drug-likeness (QED) is 0.907. The number of amides is 1. The van der Waals surface area contributed by atoms with Gasteiger partial charge in [-0.05, 0) is 44.2 Å².